The Balaban J connectivity index is 1.99. The molecule has 1 aliphatic carbocycles. The second kappa shape index (κ2) is 7.61. The summed E-state index contributed by atoms with van der Waals surface area (Å²) in [5.74, 6) is -1.13. The molecule has 0 bridgehead atoms. The Kier molecular flexibility index (Phi) is 5.25. The first kappa shape index (κ1) is 20.7. The molecule has 2 heterocycles. The zero-order valence-electron chi connectivity index (χ0n) is 16.4. The number of Topliss-reactive ketones (excluding diaryl/α,β-unsaturated/α-hetero) is 1. The van der Waals surface area contributed by atoms with Crippen molar-refractivity contribution in [3.8, 4) is 0 Å². The van der Waals surface area contributed by atoms with Crippen LogP contribution in [0, 0.1) is 0 Å². The smallest absolute Gasteiger partial charge is 0.343 e. The van der Waals surface area contributed by atoms with Crippen molar-refractivity contribution < 1.29 is 18.0 Å². The van der Waals surface area contributed by atoms with Crippen molar-refractivity contribution in [2.24, 2.45) is 0 Å². The number of nitrogens with zero attached hydrogens (tertiary/aromatic N) is 1. The third-order valence-corrected chi connectivity index (χ3v) is 6.05. The van der Waals surface area contributed by atoms with Gasteiger partial charge in [0.05, 0.1) is 11.1 Å². The minimum absolute atomic E-state index is 0.0498. The molecule has 2 aliphatic rings. The Morgan fingerprint density at radius 3 is 2.60 bits per heavy atom. The predicted octanol–water partition coefficient (Wildman–Crippen LogP) is 4.85. The summed E-state index contributed by atoms with van der Waals surface area (Å²) in [5.41, 5.74) is -0.655. The summed E-state index contributed by atoms with van der Waals surface area (Å²) in [5, 5.41) is 3.61. The van der Waals surface area contributed by atoms with Crippen LogP contribution in [0.15, 0.2) is 45.5 Å². The van der Waals surface area contributed by atoms with Crippen LogP contribution >= 0.6 is 11.8 Å². The van der Waals surface area contributed by atoms with Gasteiger partial charge in [-0.3, -0.25) is 9.59 Å². The summed E-state index contributed by atoms with van der Waals surface area (Å²) in [4.78, 5) is 33.0. The molecule has 0 saturated heterocycles. The van der Waals surface area contributed by atoms with Gasteiger partial charge in [0.2, 0.25) is 0 Å². The van der Waals surface area contributed by atoms with E-state index < -0.39 is 23.2 Å². The first-order valence-electron chi connectivity index (χ1n) is 9.67. The maximum atomic E-state index is 13.8. The number of halogens is 3. The van der Waals surface area contributed by atoms with Gasteiger partial charge in [-0.05, 0) is 24.5 Å². The number of rotatable bonds is 3. The number of nitrogens with one attached hydrogen (secondary N) is 2. The topological polar surface area (TPSA) is 74.8 Å². The molecule has 2 N–H and O–H groups in total. The number of hydrogen-bond acceptors (Lipinski definition) is 5. The number of fused-ring (bicyclic) bond motifs is 1. The molecule has 9 heteroatoms. The number of anilines is 1. The van der Waals surface area contributed by atoms with Crippen LogP contribution in [0.5, 0.6) is 0 Å². The van der Waals surface area contributed by atoms with E-state index in [2.05, 4.69) is 15.3 Å². The molecule has 5 nitrogen and oxygen atoms in total. The first-order chi connectivity index (χ1) is 14.2. The Bertz CT molecular complexity index is 1110. The average Bonchev–Trinajstić information content (AvgIpc) is 2.65. The van der Waals surface area contributed by atoms with Crippen LogP contribution in [-0.4, -0.2) is 21.0 Å². The lowest BCUT2D eigenvalue weighted by Crippen LogP contribution is -2.33. The number of benzene rings is 1. The van der Waals surface area contributed by atoms with Crippen molar-refractivity contribution >= 4 is 23.4 Å². The number of alkyl halides is 3. The second-order valence-electron chi connectivity index (χ2n) is 7.61. The minimum Gasteiger partial charge on any atom is -0.343 e. The van der Waals surface area contributed by atoms with Gasteiger partial charge in [-0.25, -0.2) is 4.98 Å². The lowest BCUT2D eigenvalue weighted by Gasteiger charge is -2.33. The Morgan fingerprint density at radius 1 is 1.17 bits per heavy atom. The zero-order chi connectivity index (χ0) is 21.6. The van der Waals surface area contributed by atoms with Gasteiger partial charge >= 0.3 is 6.18 Å². The van der Waals surface area contributed by atoms with Crippen LogP contribution in [0.1, 0.15) is 55.7 Å². The van der Waals surface area contributed by atoms with E-state index in [1.165, 1.54) is 30.0 Å². The minimum atomic E-state index is -4.62. The molecule has 2 aromatic rings. The highest BCUT2D eigenvalue weighted by atomic mass is 32.2. The molecule has 1 atom stereocenters. The molecular formula is C21H20F3N3O2S. The van der Waals surface area contributed by atoms with Crippen LogP contribution in [0.2, 0.25) is 0 Å². The van der Waals surface area contributed by atoms with Gasteiger partial charge in [-0.1, -0.05) is 43.8 Å². The second-order valence-corrected chi connectivity index (χ2v) is 9.18. The van der Waals surface area contributed by atoms with Crippen LogP contribution in [-0.2, 0) is 11.0 Å². The average molecular weight is 435 g/mol. The zero-order valence-corrected chi connectivity index (χ0v) is 17.2. The van der Waals surface area contributed by atoms with Crippen molar-refractivity contribution in [2.45, 2.75) is 55.6 Å². The van der Waals surface area contributed by atoms with Gasteiger partial charge in [0.15, 0.2) is 10.9 Å². The number of allylic oxidation sites excluding steroid dienone is 2. The van der Waals surface area contributed by atoms with Gasteiger partial charge in [0.25, 0.3) is 5.56 Å². The van der Waals surface area contributed by atoms with E-state index in [4.69, 9.17) is 0 Å². The van der Waals surface area contributed by atoms with E-state index >= 15 is 0 Å². The quantitative estimate of drug-likeness (QED) is 0.532. The molecule has 1 aromatic carbocycles. The van der Waals surface area contributed by atoms with Crippen LogP contribution in [0.4, 0.5) is 19.0 Å². The van der Waals surface area contributed by atoms with Crippen molar-refractivity contribution in [3.63, 3.8) is 0 Å². The van der Waals surface area contributed by atoms with Crippen molar-refractivity contribution in [1.29, 1.82) is 0 Å². The van der Waals surface area contributed by atoms with Crippen molar-refractivity contribution in [2.75, 3.05) is 5.32 Å². The number of carbonyl (C=O) groups excluding carboxylic acids is 1. The molecule has 0 spiro atoms. The van der Waals surface area contributed by atoms with Gasteiger partial charge in [-0.2, -0.15) is 13.2 Å². The van der Waals surface area contributed by atoms with Gasteiger partial charge in [0.1, 0.15) is 5.82 Å². The molecule has 30 heavy (non-hydrogen) atoms. The van der Waals surface area contributed by atoms with E-state index in [0.717, 1.165) is 6.07 Å². The number of aromatic amines is 1. The lowest BCUT2D eigenvalue weighted by molar-refractivity contribution is -0.138. The fraction of sp³-hybridized carbons (Fsp3) is 0.381. The molecule has 1 aromatic heterocycles. The highest BCUT2D eigenvalue weighted by Crippen LogP contribution is 2.46. The number of thioether (sulfide) groups is 1. The maximum absolute atomic E-state index is 13.8. The molecule has 0 fully saturated rings. The standard InChI is InChI=1S/C21H20F3N3O2S/c1-10(2)30-20-26-18-17(19(29)27-20)15(16-13(25-18)8-5-9-14(16)28)11-6-3-4-7-12(11)21(22,23)24/h3-4,6-7,10,15H,5,8-9H2,1-2H3,(H2,25,26,27,29). The van der Waals surface area contributed by atoms with Crippen LogP contribution in [0.3, 0.4) is 0 Å². The number of ketones is 1. The molecule has 0 amide bonds. The summed E-state index contributed by atoms with van der Waals surface area (Å²) in [7, 11) is 0. The van der Waals surface area contributed by atoms with Gasteiger partial charge in [0, 0.05) is 28.9 Å². The van der Waals surface area contributed by atoms with E-state index in [1.54, 1.807) is 0 Å². The summed E-state index contributed by atoms with van der Waals surface area (Å²) >= 11 is 1.35. The van der Waals surface area contributed by atoms with Crippen LogP contribution < -0.4 is 10.9 Å². The third-order valence-electron chi connectivity index (χ3n) is 5.16. The molecule has 0 radical (unpaired) electrons. The summed E-state index contributed by atoms with van der Waals surface area (Å²) < 4.78 is 41.4. The van der Waals surface area contributed by atoms with Crippen molar-refractivity contribution in [3.05, 3.63) is 62.6 Å². The SMILES string of the molecule is CC(C)Sc1nc2c(c(=O)[nH]1)C(c1ccccc1C(F)(F)F)C1=C(CCCC1=O)N2. The molecule has 1 aliphatic heterocycles. The normalized spacial score (nSPS) is 18.9. The Morgan fingerprint density at radius 2 is 1.90 bits per heavy atom. The van der Waals surface area contributed by atoms with Gasteiger partial charge < -0.3 is 10.3 Å². The number of carbonyl (C=O) groups is 1. The van der Waals surface area contributed by atoms with E-state index in [0.29, 0.717) is 23.7 Å². The van der Waals surface area contributed by atoms with Crippen molar-refractivity contribution in [1.82, 2.24) is 9.97 Å². The fourth-order valence-electron chi connectivity index (χ4n) is 4.04. The van der Waals surface area contributed by atoms with E-state index in [1.807, 2.05) is 13.8 Å². The summed E-state index contributed by atoms with van der Waals surface area (Å²) in [6.07, 6.45) is -3.25. The molecular weight excluding hydrogens is 415 g/mol. The maximum Gasteiger partial charge on any atom is 0.416 e. The lowest BCUT2D eigenvalue weighted by atomic mass is 9.75. The first-order valence-corrected chi connectivity index (χ1v) is 10.5. The summed E-state index contributed by atoms with van der Waals surface area (Å²) in [6.45, 7) is 3.89. The predicted molar refractivity (Wildman–Crippen MR) is 109 cm³/mol. The number of hydrogen-bond donors (Lipinski definition) is 2. The fourth-order valence-corrected chi connectivity index (χ4v) is 4.78. The number of aromatic nitrogens is 2. The van der Waals surface area contributed by atoms with E-state index in [9.17, 15) is 22.8 Å². The largest absolute Gasteiger partial charge is 0.416 e. The van der Waals surface area contributed by atoms with Gasteiger partial charge in [-0.15, -0.1) is 0 Å². The highest BCUT2D eigenvalue weighted by molar-refractivity contribution is 7.99. The molecule has 0 saturated carbocycles. The highest BCUT2D eigenvalue weighted by Gasteiger charge is 2.42. The Labute approximate surface area is 175 Å². The molecule has 1 unspecified atom stereocenters. The monoisotopic (exact) mass is 435 g/mol. The van der Waals surface area contributed by atoms with E-state index in [-0.39, 0.29) is 40.0 Å². The molecule has 158 valence electrons. The number of H-pyrrole nitrogens is 1. The summed E-state index contributed by atoms with van der Waals surface area (Å²) in [6, 6.07) is 5.11. The molecule has 4 rings (SSSR count). The van der Waals surface area contributed by atoms with Crippen LogP contribution in [0.25, 0.3) is 0 Å². The third kappa shape index (κ3) is 3.66. The Hall–Kier alpha value is -2.55.